The molecule has 57 heavy (non-hydrogen) atoms. The van der Waals surface area contributed by atoms with Crippen molar-refractivity contribution in [3.63, 3.8) is 0 Å². The fourth-order valence-electron chi connectivity index (χ4n) is 7.22. The number of amides is 4. The van der Waals surface area contributed by atoms with Crippen molar-refractivity contribution >= 4 is 76.1 Å². The molecular weight excluding hydrogens is 783 g/mol. The van der Waals surface area contributed by atoms with Crippen molar-refractivity contribution in [1.29, 1.82) is 5.26 Å². The predicted molar refractivity (Wildman–Crippen MR) is 215 cm³/mol. The lowest BCUT2D eigenvalue weighted by Crippen LogP contribution is -2.47. The third-order valence-corrected chi connectivity index (χ3v) is 10.7. The zero-order chi connectivity index (χ0) is 40.4. The molecule has 0 saturated carbocycles. The molecule has 1 atom stereocenters. The van der Waals surface area contributed by atoms with E-state index in [0.717, 1.165) is 35.4 Å². The molecule has 0 radical (unpaired) electrons. The maximum Gasteiger partial charge on any atom is 0.417 e. The third-order valence-electron chi connectivity index (χ3n) is 10.3. The average Bonchev–Trinajstić information content (AvgIpc) is 3.33. The van der Waals surface area contributed by atoms with Crippen LogP contribution in [0.4, 0.5) is 35.9 Å². The Bertz CT molecular complexity index is 2100. The lowest BCUT2D eigenvalue weighted by molar-refractivity contribution is -0.138. The van der Waals surface area contributed by atoms with Gasteiger partial charge in [-0.3, -0.25) is 34.3 Å². The first-order chi connectivity index (χ1) is 26.6. The van der Waals surface area contributed by atoms with Crippen LogP contribution in [-0.2, 0) is 31.8 Å². The predicted octanol–water partition coefficient (Wildman–Crippen LogP) is 6.42. The summed E-state index contributed by atoms with van der Waals surface area (Å²) < 4.78 is 47.6. The largest absolute Gasteiger partial charge is 0.493 e. The maximum absolute atomic E-state index is 13.8. The second kappa shape index (κ2) is 17.5. The molecule has 0 spiro atoms. The first-order valence-corrected chi connectivity index (χ1v) is 18.8. The number of ether oxygens (including phenoxy) is 1. The Balaban J connectivity index is 0.00000620. The summed E-state index contributed by atoms with van der Waals surface area (Å²) in [6, 6.07) is 16.7. The van der Waals surface area contributed by atoms with Crippen molar-refractivity contribution in [3.05, 3.63) is 77.4 Å². The van der Waals surface area contributed by atoms with Gasteiger partial charge in [0.25, 0.3) is 5.91 Å². The molecule has 4 amide bonds. The molecule has 0 aliphatic carbocycles. The molecule has 12 nitrogen and oxygen atoms in total. The Kier molecular flexibility index (Phi) is 13.2. The molecule has 3 fully saturated rings. The minimum absolute atomic E-state index is 0. The summed E-state index contributed by atoms with van der Waals surface area (Å²) in [7, 11) is 0. The second-order valence-electron chi connectivity index (χ2n) is 14.6. The molecule has 3 aliphatic rings. The van der Waals surface area contributed by atoms with Crippen LogP contribution in [0.1, 0.15) is 63.1 Å². The SMILES string of the molecule is CCc1cc(N2C(=S)N(c3ccc(C#N)c(C(F)(F)F)c3)C(=O)C2(C)C)ccc1OCC1CCN(CC(=O)Nc2cccc(NC3CCC(=O)NC3=O)c2)CC1.Cl. The Labute approximate surface area is 340 Å². The van der Waals surface area contributed by atoms with Gasteiger partial charge in [0.1, 0.15) is 17.3 Å². The highest BCUT2D eigenvalue weighted by Gasteiger charge is 2.51. The quantitative estimate of drug-likeness (QED) is 0.146. The van der Waals surface area contributed by atoms with Crippen molar-refractivity contribution in [2.45, 2.75) is 70.6 Å². The van der Waals surface area contributed by atoms with Crippen molar-refractivity contribution in [2.24, 2.45) is 5.92 Å². The van der Waals surface area contributed by atoms with Crippen LogP contribution in [0.2, 0.25) is 0 Å². The zero-order valence-corrected chi connectivity index (χ0v) is 33.2. The number of rotatable bonds is 11. The number of nitrogens with one attached hydrogen (secondary N) is 3. The highest BCUT2D eigenvalue weighted by molar-refractivity contribution is 7.81. The number of aryl methyl sites for hydroxylation is 1. The number of carbonyl (C=O) groups is 4. The molecule has 17 heteroatoms. The van der Waals surface area contributed by atoms with E-state index < -0.39 is 34.8 Å². The van der Waals surface area contributed by atoms with E-state index in [-0.39, 0.29) is 59.8 Å². The van der Waals surface area contributed by atoms with Gasteiger partial charge in [0, 0.05) is 23.5 Å². The number of benzene rings is 3. The van der Waals surface area contributed by atoms with Crippen molar-refractivity contribution in [2.75, 3.05) is 46.7 Å². The number of imide groups is 1. The number of hydrogen-bond donors (Lipinski definition) is 3. The van der Waals surface area contributed by atoms with E-state index in [0.29, 0.717) is 55.3 Å². The number of nitrogens with zero attached hydrogens (tertiary/aromatic N) is 4. The number of nitriles is 1. The Morgan fingerprint density at radius 1 is 1.02 bits per heavy atom. The van der Waals surface area contributed by atoms with Gasteiger partial charge in [-0.15, -0.1) is 12.4 Å². The topological polar surface area (TPSA) is 147 Å². The zero-order valence-electron chi connectivity index (χ0n) is 31.6. The van der Waals surface area contributed by atoms with E-state index in [9.17, 15) is 37.6 Å². The van der Waals surface area contributed by atoms with Crippen LogP contribution >= 0.6 is 24.6 Å². The number of halogens is 4. The first kappa shape index (κ1) is 42.9. The first-order valence-electron chi connectivity index (χ1n) is 18.4. The van der Waals surface area contributed by atoms with E-state index in [4.69, 9.17) is 17.0 Å². The minimum Gasteiger partial charge on any atom is -0.493 e. The molecule has 3 saturated heterocycles. The van der Waals surface area contributed by atoms with Crippen molar-refractivity contribution < 1.29 is 37.1 Å². The Morgan fingerprint density at radius 3 is 2.39 bits per heavy atom. The maximum atomic E-state index is 13.8. The van der Waals surface area contributed by atoms with Crippen LogP contribution in [0.25, 0.3) is 0 Å². The molecule has 0 bridgehead atoms. The van der Waals surface area contributed by atoms with E-state index in [2.05, 4.69) is 20.9 Å². The van der Waals surface area contributed by atoms with E-state index in [1.54, 1.807) is 55.1 Å². The summed E-state index contributed by atoms with van der Waals surface area (Å²) >= 11 is 5.71. The number of carbonyl (C=O) groups excluding carboxylic acids is 4. The van der Waals surface area contributed by atoms with Crippen LogP contribution < -0.4 is 30.5 Å². The van der Waals surface area contributed by atoms with Gasteiger partial charge in [-0.1, -0.05) is 13.0 Å². The lowest BCUT2D eigenvalue weighted by atomic mass is 9.97. The van der Waals surface area contributed by atoms with Gasteiger partial charge in [-0.05, 0) is 131 Å². The smallest absolute Gasteiger partial charge is 0.417 e. The van der Waals surface area contributed by atoms with Crippen LogP contribution in [0.15, 0.2) is 60.7 Å². The molecule has 3 aliphatic heterocycles. The molecule has 3 N–H and O–H groups in total. The summed E-state index contributed by atoms with van der Waals surface area (Å²) in [6.45, 7) is 7.42. The molecule has 0 aromatic heterocycles. The Hall–Kier alpha value is -5.24. The number of likely N-dealkylation sites (tertiary alicyclic amines) is 1. The average molecular weight is 826 g/mol. The van der Waals surface area contributed by atoms with Gasteiger partial charge in [-0.2, -0.15) is 18.4 Å². The van der Waals surface area contributed by atoms with Crippen LogP contribution in [0.5, 0.6) is 5.75 Å². The molecule has 302 valence electrons. The number of hydrogen-bond acceptors (Lipinski definition) is 9. The molecular formula is C40H43ClF3N7O5S. The van der Waals surface area contributed by atoms with Gasteiger partial charge in [0.2, 0.25) is 17.7 Å². The van der Waals surface area contributed by atoms with Crippen molar-refractivity contribution in [3.8, 4) is 11.8 Å². The highest BCUT2D eigenvalue weighted by atomic mass is 35.5. The van der Waals surface area contributed by atoms with E-state index in [1.165, 1.54) is 6.07 Å². The molecule has 6 rings (SSSR count). The second-order valence-corrected chi connectivity index (χ2v) is 15.0. The van der Waals surface area contributed by atoms with E-state index >= 15 is 0 Å². The fraction of sp³-hybridized carbons (Fsp3) is 0.400. The van der Waals surface area contributed by atoms with Crippen LogP contribution in [0, 0.1) is 17.2 Å². The summed E-state index contributed by atoms with van der Waals surface area (Å²) in [5.41, 5.74) is -0.265. The number of anilines is 4. The fourth-order valence-corrected chi connectivity index (χ4v) is 7.75. The molecule has 3 aromatic carbocycles. The van der Waals surface area contributed by atoms with Gasteiger partial charge in [0.05, 0.1) is 36.0 Å². The summed E-state index contributed by atoms with van der Waals surface area (Å²) in [6.07, 6.45) is -1.87. The molecule has 1 unspecified atom stereocenters. The normalized spacial score (nSPS) is 18.8. The van der Waals surface area contributed by atoms with E-state index in [1.807, 2.05) is 19.1 Å². The standard InChI is InChI=1S/C40H42F3N7O5S.ClH/c1-4-25-18-30(50-38(56)49(37(54)39(50,2)3)29-9-8-26(21-44)31(20-29)40(41,42)43)10-12-33(25)55-23-24-14-16-48(17-15-24)22-35(52)46-28-7-5-6-27(19-28)45-32-11-13-34(51)47-36(32)53;/h5-10,12,18-20,24,32,45H,4,11,13-17,22-23H2,1-3H3,(H,46,52)(H,47,51,53);1H. The number of alkyl halides is 3. The van der Waals surface area contributed by atoms with Crippen LogP contribution in [0.3, 0.4) is 0 Å². The van der Waals surface area contributed by atoms with Gasteiger partial charge in [0.15, 0.2) is 5.11 Å². The summed E-state index contributed by atoms with van der Waals surface area (Å²) in [5.74, 6) is -0.368. The van der Waals surface area contributed by atoms with Crippen molar-refractivity contribution in [1.82, 2.24) is 10.2 Å². The molecule has 3 heterocycles. The molecule has 3 aromatic rings. The van der Waals surface area contributed by atoms with Crippen LogP contribution in [-0.4, -0.2) is 71.5 Å². The Morgan fingerprint density at radius 2 is 1.72 bits per heavy atom. The highest BCUT2D eigenvalue weighted by Crippen LogP contribution is 2.41. The minimum atomic E-state index is -4.80. The monoisotopic (exact) mass is 825 g/mol. The third kappa shape index (κ3) is 9.49. The van der Waals surface area contributed by atoms with Gasteiger partial charge in [-0.25, -0.2) is 0 Å². The van der Waals surface area contributed by atoms with Gasteiger partial charge >= 0.3 is 6.18 Å². The van der Waals surface area contributed by atoms with Gasteiger partial charge < -0.3 is 20.3 Å². The summed E-state index contributed by atoms with van der Waals surface area (Å²) in [4.78, 5) is 54.9. The number of piperidine rings is 2. The lowest BCUT2D eigenvalue weighted by Gasteiger charge is -2.32. The summed E-state index contributed by atoms with van der Waals surface area (Å²) in [5, 5.41) is 17.6. The number of thiocarbonyl (C=S) groups is 1.